The van der Waals surface area contributed by atoms with Crippen molar-refractivity contribution in [2.45, 2.75) is 13.5 Å². The van der Waals surface area contributed by atoms with Crippen LogP contribution in [0.25, 0.3) is 5.82 Å². The van der Waals surface area contributed by atoms with Crippen LogP contribution >= 0.6 is 0 Å². The van der Waals surface area contributed by atoms with Crippen LogP contribution in [-0.4, -0.2) is 25.1 Å². The number of aliphatic hydroxyl groups excluding tert-OH is 1. The lowest BCUT2D eigenvalue weighted by Gasteiger charge is -2.00. The molecule has 0 fully saturated rings. The van der Waals surface area contributed by atoms with Gasteiger partial charge >= 0.3 is 0 Å². The number of nitriles is 1. The quantitative estimate of drug-likeness (QED) is 0.780. The molecule has 0 aromatic carbocycles. The van der Waals surface area contributed by atoms with E-state index in [2.05, 4.69) is 15.2 Å². The molecule has 2 heterocycles. The van der Waals surface area contributed by atoms with E-state index < -0.39 is 0 Å². The van der Waals surface area contributed by atoms with Crippen LogP contribution in [-0.2, 0) is 6.61 Å². The first kappa shape index (κ1) is 10.3. The van der Waals surface area contributed by atoms with Crippen LogP contribution in [0.4, 0.5) is 0 Å². The molecule has 1 N–H and O–H groups in total. The van der Waals surface area contributed by atoms with Gasteiger partial charge in [-0.25, -0.2) is 4.98 Å². The van der Waals surface area contributed by atoms with Gasteiger partial charge in [0.1, 0.15) is 11.8 Å². The van der Waals surface area contributed by atoms with E-state index >= 15 is 0 Å². The van der Waals surface area contributed by atoms with Gasteiger partial charge in [0.05, 0.1) is 18.4 Å². The number of nitrogens with zero attached hydrogens (tertiary/aromatic N) is 5. The second-order valence-corrected chi connectivity index (χ2v) is 3.25. The van der Waals surface area contributed by atoms with E-state index in [-0.39, 0.29) is 6.61 Å². The van der Waals surface area contributed by atoms with E-state index in [0.29, 0.717) is 17.1 Å². The first-order chi connectivity index (χ1) is 7.74. The Morgan fingerprint density at radius 2 is 2.31 bits per heavy atom. The summed E-state index contributed by atoms with van der Waals surface area (Å²) in [5.74, 6) is 0.524. The molecule has 2 aromatic rings. The Bertz CT molecular complexity index is 555. The van der Waals surface area contributed by atoms with Crippen LogP contribution in [0.2, 0.25) is 0 Å². The average Bonchev–Trinajstić information content (AvgIpc) is 2.77. The Morgan fingerprint density at radius 3 is 2.88 bits per heavy atom. The fourth-order valence-corrected chi connectivity index (χ4v) is 1.25. The standard InChI is InChI=1S/C10H9N5O/c1-7-2-10(12-4-8(7)3-11)15-13-5-9(6-16)14-15/h2,4-5,16H,6H2,1H3. The Kier molecular flexibility index (Phi) is 2.62. The Labute approximate surface area is 91.8 Å². The molecule has 0 aliphatic rings. The Morgan fingerprint density at radius 1 is 1.50 bits per heavy atom. The minimum absolute atomic E-state index is 0.157. The summed E-state index contributed by atoms with van der Waals surface area (Å²) in [5.41, 5.74) is 1.82. The molecule has 0 aliphatic heterocycles. The van der Waals surface area contributed by atoms with Crippen molar-refractivity contribution in [3.8, 4) is 11.9 Å². The highest BCUT2D eigenvalue weighted by Gasteiger charge is 2.05. The number of aromatic nitrogens is 4. The molecular weight excluding hydrogens is 206 g/mol. The third kappa shape index (κ3) is 1.76. The molecule has 0 radical (unpaired) electrons. The molecule has 6 nitrogen and oxygen atoms in total. The third-order valence-electron chi connectivity index (χ3n) is 2.12. The fraction of sp³-hybridized carbons (Fsp3) is 0.200. The van der Waals surface area contributed by atoms with Crippen molar-refractivity contribution in [3.63, 3.8) is 0 Å². The summed E-state index contributed by atoms with van der Waals surface area (Å²) in [5, 5.41) is 25.6. The van der Waals surface area contributed by atoms with Gasteiger partial charge < -0.3 is 5.11 Å². The zero-order chi connectivity index (χ0) is 11.5. The molecular formula is C10H9N5O. The highest BCUT2D eigenvalue weighted by Crippen LogP contribution is 2.09. The smallest absolute Gasteiger partial charge is 0.174 e. The van der Waals surface area contributed by atoms with Gasteiger partial charge in [-0.2, -0.15) is 10.4 Å². The summed E-state index contributed by atoms with van der Waals surface area (Å²) in [6.07, 6.45) is 2.95. The van der Waals surface area contributed by atoms with Crippen LogP contribution in [0.15, 0.2) is 18.5 Å². The summed E-state index contributed by atoms with van der Waals surface area (Å²) in [6.45, 7) is 1.66. The molecule has 0 saturated heterocycles. The van der Waals surface area contributed by atoms with Crippen LogP contribution < -0.4 is 0 Å². The molecule has 80 valence electrons. The largest absolute Gasteiger partial charge is 0.390 e. The number of hydrogen-bond acceptors (Lipinski definition) is 5. The van der Waals surface area contributed by atoms with Gasteiger partial charge in [0, 0.05) is 6.20 Å². The molecule has 2 rings (SSSR count). The topological polar surface area (TPSA) is 87.6 Å². The highest BCUT2D eigenvalue weighted by atomic mass is 16.3. The summed E-state index contributed by atoms with van der Waals surface area (Å²) >= 11 is 0. The predicted molar refractivity (Wildman–Crippen MR) is 54.5 cm³/mol. The molecule has 0 bridgehead atoms. The molecule has 0 aliphatic carbocycles. The lowest BCUT2D eigenvalue weighted by atomic mass is 10.2. The van der Waals surface area contributed by atoms with Crippen LogP contribution in [0.5, 0.6) is 0 Å². The second-order valence-electron chi connectivity index (χ2n) is 3.25. The zero-order valence-electron chi connectivity index (χ0n) is 8.62. The van der Waals surface area contributed by atoms with Gasteiger partial charge in [-0.3, -0.25) is 0 Å². The van der Waals surface area contributed by atoms with Crippen molar-refractivity contribution < 1.29 is 5.11 Å². The first-order valence-corrected chi connectivity index (χ1v) is 4.64. The predicted octanol–water partition coefficient (Wildman–Crippen LogP) is 0.335. The van der Waals surface area contributed by atoms with E-state index in [1.165, 1.54) is 17.2 Å². The fourth-order valence-electron chi connectivity index (χ4n) is 1.25. The maximum Gasteiger partial charge on any atom is 0.174 e. The van der Waals surface area contributed by atoms with Crippen molar-refractivity contribution in [2.24, 2.45) is 0 Å². The number of pyridine rings is 1. The molecule has 2 aromatic heterocycles. The summed E-state index contributed by atoms with van der Waals surface area (Å²) < 4.78 is 0. The second kappa shape index (κ2) is 4.08. The number of rotatable bonds is 2. The average molecular weight is 215 g/mol. The van der Waals surface area contributed by atoms with Gasteiger partial charge in [0.2, 0.25) is 0 Å². The van der Waals surface area contributed by atoms with E-state index in [4.69, 9.17) is 10.4 Å². The van der Waals surface area contributed by atoms with Gasteiger partial charge in [-0.1, -0.05) is 0 Å². The SMILES string of the molecule is Cc1cc(-n2ncc(CO)n2)ncc1C#N. The zero-order valence-corrected chi connectivity index (χ0v) is 8.62. The van der Waals surface area contributed by atoms with Crippen LogP contribution in [0.3, 0.4) is 0 Å². The van der Waals surface area contributed by atoms with Crippen molar-refractivity contribution in [3.05, 3.63) is 35.3 Å². The monoisotopic (exact) mass is 215 g/mol. The number of aryl methyl sites for hydroxylation is 1. The minimum Gasteiger partial charge on any atom is -0.390 e. The number of aliphatic hydroxyl groups is 1. The van der Waals surface area contributed by atoms with Gasteiger partial charge in [-0.15, -0.1) is 9.90 Å². The summed E-state index contributed by atoms with van der Waals surface area (Å²) in [4.78, 5) is 5.38. The highest BCUT2D eigenvalue weighted by molar-refractivity contribution is 5.38. The molecule has 0 unspecified atom stereocenters. The lowest BCUT2D eigenvalue weighted by Crippen LogP contribution is -2.03. The van der Waals surface area contributed by atoms with Crippen molar-refractivity contribution in [1.82, 2.24) is 20.0 Å². The maximum absolute atomic E-state index is 8.86. The molecule has 0 spiro atoms. The maximum atomic E-state index is 8.86. The van der Waals surface area contributed by atoms with Gasteiger partial charge in [-0.05, 0) is 18.6 Å². The number of hydrogen-bond donors (Lipinski definition) is 1. The Hall–Kier alpha value is -2.26. The summed E-state index contributed by atoms with van der Waals surface area (Å²) in [6, 6.07) is 3.76. The minimum atomic E-state index is -0.157. The van der Waals surface area contributed by atoms with E-state index in [1.54, 1.807) is 6.07 Å². The molecule has 0 atom stereocenters. The molecule has 16 heavy (non-hydrogen) atoms. The summed E-state index contributed by atoms with van der Waals surface area (Å²) in [7, 11) is 0. The van der Waals surface area contributed by atoms with E-state index in [0.717, 1.165) is 5.56 Å². The Balaban J connectivity index is 2.42. The van der Waals surface area contributed by atoms with Crippen molar-refractivity contribution in [2.75, 3.05) is 0 Å². The van der Waals surface area contributed by atoms with Crippen LogP contribution in [0.1, 0.15) is 16.8 Å². The van der Waals surface area contributed by atoms with Crippen molar-refractivity contribution in [1.29, 1.82) is 5.26 Å². The van der Waals surface area contributed by atoms with Gasteiger partial charge in [0.15, 0.2) is 5.82 Å². The van der Waals surface area contributed by atoms with Crippen molar-refractivity contribution >= 4 is 0 Å². The first-order valence-electron chi connectivity index (χ1n) is 4.64. The lowest BCUT2D eigenvalue weighted by molar-refractivity contribution is 0.276. The van der Waals surface area contributed by atoms with E-state index in [1.807, 2.05) is 13.0 Å². The molecule has 0 saturated carbocycles. The molecule has 6 heteroatoms. The van der Waals surface area contributed by atoms with Crippen LogP contribution in [0, 0.1) is 18.3 Å². The van der Waals surface area contributed by atoms with E-state index in [9.17, 15) is 0 Å². The molecule has 0 amide bonds. The third-order valence-corrected chi connectivity index (χ3v) is 2.12. The normalized spacial score (nSPS) is 10.1. The van der Waals surface area contributed by atoms with Gasteiger partial charge in [0.25, 0.3) is 0 Å².